The van der Waals surface area contributed by atoms with Gasteiger partial charge in [-0.15, -0.1) is 0 Å². The Morgan fingerprint density at radius 2 is 0.971 bits per heavy atom. The number of Topliss-reactive ketones (excluding diaryl/α,β-unsaturated/α-hetero) is 1. The van der Waals surface area contributed by atoms with Crippen molar-refractivity contribution in [2.45, 2.75) is 0 Å². The van der Waals surface area contributed by atoms with Crippen molar-refractivity contribution in [3.63, 3.8) is 0 Å². The molecular formula is C26H29NO8. The molecular weight excluding hydrogens is 454 g/mol. The van der Waals surface area contributed by atoms with Gasteiger partial charge in [-0.3, -0.25) is 9.59 Å². The number of nitrogens with zero attached hydrogens (tertiary/aromatic N) is 1. The molecule has 1 heterocycles. The highest BCUT2D eigenvalue weighted by molar-refractivity contribution is 6.15. The van der Waals surface area contributed by atoms with E-state index in [-0.39, 0.29) is 18.9 Å². The summed E-state index contributed by atoms with van der Waals surface area (Å²) in [5.74, 6) is 2.56. The van der Waals surface area contributed by atoms with Crippen molar-refractivity contribution in [3.05, 3.63) is 46.5 Å². The lowest BCUT2D eigenvalue weighted by atomic mass is 9.94. The third kappa shape index (κ3) is 5.34. The van der Waals surface area contributed by atoms with Crippen LogP contribution in [0.2, 0.25) is 0 Å². The third-order valence-corrected chi connectivity index (χ3v) is 5.54. The number of hydrogen-bond acceptors (Lipinski definition) is 8. The molecule has 0 unspecified atom stereocenters. The molecule has 9 heteroatoms. The van der Waals surface area contributed by atoms with Gasteiger partial charge in [-0.05, 0) is 47.5 Å². The number of piperidine rings is 1. The van der Waals surface area contributed by atoms with Crippen LogP contribution in [-0.4, -0.2) is 72.8 Å². The SMILES string of the molecule is COc1cc(/C=C2\CN(C=O)C/C(=C\c3cc(OC)c(OC)c(OC)c3)C2=O)cc(OC)c1OC. The fourth-order valence-electron chi connectivity index (χ4n) is 3.91. The molecule has 0 saturated carbocycles. The van der Waals surface area contributed by atoms with Gasteiger partial charge in [0.25, 0.3) is 0 Å². The van der Waals surface area contributed by atoms with Crippen molar-refractivity contribution in [2.24, 2.45) is 0 Å². The molecule has 0 atom stereocenters. The quantitative estimate of drug-likeness (QED) is 0.397. The molecule has 0 bridgehead atoms. The highest BCUT2D eigenvalue weighted by Crippen LogP contribution is 2.40. The van der Waals surface area contributed by atoms with Crippen LogP contribution in [0.15, 0.2) is 35.4 Å². The van der Waals surface area contributed by atoms with Crippen LogP contribution in [0.5, 0.6) is 34.5 Å². The number of hydrogen-bond donors (Lipinski definition) is 0. The van der Waals surface area contributed by atoms with Crippen molar-refractivity contribution in [3.8, 4) is 34.5 Å². The first kappa shape index (κ1) is 25.5. The summed E-state index contributed by atoms with van der Waals surface area (Å²) in [5, 5.41) is 0. The number of rotatable bonds is 9. The Morgan fingerprint density at radius 3 is 1.23 bits per heavy atom. The van der Waals surface area contributed by atoms with Gasteiger partial charge < -0.3 is 33.3 Å². The van der Waals surface area contributed by atoms with Crippen LogP contribution in [0, 0.1) is 0 Å². The molecule has 3 rings (SSSR count). The van der Waals surface area contributed by atoms with E-state index in [2.05, 4.69) is 0 Å². The monoisotopic (exact) mass is 483 g/mol. The lowest BCUT2D eigenvalue weighted by Gasteiger charge is -2.26. The van der Waals surface area contributed by atoms with E-state index in [4.69, 9.17) is 28.4 Å². The van der Waals surface area contributed by atoms with E-state index in [1.807, 2.05) is 0 Å². The first-order valence-corrected chi connectivity index (χ1v) is 10.7. The molecule has 9 nitrogen and oxygen atoms in total. The van der Waals surface area contributed by atoms with Gasteiger partial charge >= 0.3 is 0 Å². The highest BCUT2D eigenvalue weighted by Gasteiger charge is 2.26. The number of benzene rings is 2. The fourth-order valence-corrected chi connectivity index (χ4v) is 3.91. The maximum atomic E-state index is 13.4. The van der Waals surface area contributed by atoms with Crippen LogP contribution in [0.4, 0.5) is 0 Å². The van der Waals surface area contributed by atoms with Crippen molar-refractivity contribution >= 4 is 24.3 Å². The van der Waals surface area contributed by atoms with Crippen molar-refractivity contribution < 1.29 is 38.0 Å². The molecule has 1 aliphatic rings. The second kappa shape index (κ2) is 11.3. The number of carbonyl (C=O) groups is 2. The zero-order chi connectivity index (χ0) is 25.5. The molecule has 0 radical (unpaired) electrons. The maximum Gasteiger partial charge on any atom is 0.210 e. The standard InChI is InChI=1S/C26H29NO8/c1-30-20-9-16(10-21(31-2)25(20)34-5)7-18-13-27(15-28)14-19(24(18)29)8-17-11-22(32-3)26(35-6)23(12-17)33-4/h7-12,15H,13-14H2,1-6H3/b18-7+,19-8+. The summed E-state index contributed by atoms with van der Waals surface area (Å²) in [6, 6.07) is 6.96. The summed E-state index contributed by atoms with van der Waals surface area (Å²) in [5.41, 5.74) is 2.22. The Bertz CT molecular complexity index is 1030. The van der Waals surface area contributed by atoms with E-state index in [9.17, 15) is 9.59 Å². The van der Waals surface area contributed by atoms with Gasteiger partial charge in [0.1, 0.15) is 0 Å². The maximum absolute atomic E-state index is 13.4. The fraction of sp³-hybridized carbons (Fsp3) is 0.308. The van der Waals surface area contributed by atoms with E-state index in [1.54, 1.807) is 36.4 Å². The number of ketones is 1. The Kier molecular flexibility index (Phi) is 8.25. The van der Waals surface area contributed by atoms with E-state index in [1.165, 1.54) is 47.6 Å². The van der Waals surface area contributed by atoms with Crippen LogP contribution < -0.4 is 28.4 Å². The Balaban J connectivity index is 2.07. The van der Waals surface area contributed by atoms with Crippen molar-refractivity contribution in [1.82, 2.24) is 4.90 Å². The lowest BCUT2D eigenvalue weighted by molar-refractivity contribution is -0.119. The summed E-state index contributed by atoms with van der Waals surface area (Å²) in [7, 11) is 9.12. The van der Waals surface area contributed by atoms with Crippen molar-refractivity contribution in [1.29, 1.82) is 0 Å². The molecule has 0 aromatic heterocycles. The molecule has 35 heavy (non-hydrogen) atoms. The van der Waals surface area contributed by atoms with Crippen LogP contribution in [-0.2, 0) is 9.59 Å². The molecule has 2 aromatic rings. The average molecular weight is 484 g/mol. The summed E-state index contributed by atoms with van der Waals surface area (Å²) < 4.78 is 32.4. The summed E-state index contributed by atoms with van der Waals surface area (Å²) in [4.78, 5) is 26.6. The summed E-state index contributed by atoms with van der Waals surface area (Å²) in [6.07, 6.45) is 4.15. The van der Waals surface area contributed by atoms with Crippen LogP contribution in [0.1, 0.15) is 11.1 Å². The topological polar surface area (TPSA) is 92.8 Å². The van der Waals surface area contributed by atoms with Crippen LogP contribution >= 0.6 is 0 Å². The molecule has 1 aliphatic heterocycles. The molecule has 186 valence electrons. The predicted molar refractivity (Wildman–Crippen MR) is 131 cm³/mol. The zero-order valence-corrected chi connectivity index (χ0v) is 20.7. The van der Waals surface area contributed by atoms with E-state index >= 15 is 0 Å². The largest absolute Gasteiger partial charge is 0.493 e. The summed E-state index contributed by atoms with van der Waals surface area (Å²) >= 11 is 0. The molecule has 0 N–H and O–H groups in total. The number of ether oxygens (including phenoxy) is 6. The second-order valence-electron chi connectivity index (χ2n) is 7.60. The average Bonchev–Trinajstić information content (AvgIpc) is 2.89. The minimum Gasteiger partial charge on any atom is -0.493 e. The molecule has 2 aromatic carbocycles. The smallest absolute Gasteiger partial charge is 0.210 e. The highest BCUT2D eigenvalue weighted by atomic mass is 16.5. The first-order valence-electron chi connectivity index (χ1n) is 10.7. The number of amides is 1. The lowest BCUT2D eigenvalue weighted by Crippen LogP contribution is -2.36. The number of likely N-dealkylation sites (tertiary alicyclic amines) is 1. The molecule has 0 spiro atoms. The second-order valence-corrected chi connectivity index (χ2v) is 7.60. The normalized spacial score (nSPS) is 15.7. The van der Waals surface area contributed by atoms with Gasteiger partial charge in [-0.1, -0.05) is 0 Å². The third-order valence-electron chi connectivity index (χ3n) is 5.54. The Labute approximate surface area is 204 Å². The Hall–Kier alpha value is -4.14. The molecule has 0 aliphatic carbocycles. The van der Waals surface area contributed by atoms with Crippen LogP contribution in [0.25, 0.3) is 12.2 Å². The summed E-state index contributed by atoms with van der Waals surface area (Å²) in [6.45, 7) is 0.344. The van der Waals surface area contributed by atoms with Crippen LogP contribution in [0.3, 0.4) is 0 Å². The Morgan fingerprint density at radius 1 is 0.629 bits per heavy atom. The van der Waals surface area contributed by atoms with E-state index in [0.717, 1.165) is 6.41 Å². The molecule has 1 saturated heterocycles. The van der Waals surface area contributed by atoms with Gasteiger partial charge in [0.15, 0.2) is 28.8 Å². The minimum atomic E-state index is -0.175. The van der Waals surface area contributed by atoms with E-state index in [0.29, 0.717) is 56.8 Å². The van der Waals surface area contributed by atoms with Gasteiger partial charge in [0, 0.05) is 24.2 Å². The number of methoxy groups -OCH3 is 6. The van der Waals surface area contributed by atoms with Gasteiger partial charge in [0.05, 0.1) is 42.7 Å². The number of carbonyl (C=O) groups excluding carboxylic acids is 2. The van der Waals surface area contributed by atoms with Gasteiger partial charge in [0.2, 0.25) is 17.9 Å². The molecule has 1 amide bonds. The van der Waals surface area contributed by atoms with Gasteiger partial charge in [-0.25, -0.2) is 0 Å². The van der Waals surface area contributed by atoms with Crippen molar-refractivity contribution in [2.75, 3.05) is 55.7 Å². The van der Waals surface area contributed by atoms with Gasteiger partial charge in [-0.2, -0.15) is 0 Å². The zero-order valence-electron chi connectivity index (χ0n) is 20.7. The minimum absolute atomic E-state index is 0.172. The predicted octanol–water partition coefficient (Wildman–Crippen LogP) is 3.25. The first-order chi connectivity index (χ1) is 16.9. The van der Waals surface area contributed by atoms with E-state index < -0.39 is 0 Å². The molecule has 1 fully saturated rings.